The van der Waals surface area contributed by atoms with Crippen LogP contribution in [0.25, 0.3) is 16.7 Å². The summed E-state index contributed by atoms with van der Waals surface area (Å²) < 4.78 is 40.1. The SMILES string of the molecule is CC(Cl)c1cc2cccnc2n(-c2cccc(C(F)(F)F)c2)c1=O. The highest BCUT2D eigenvalue weighted by Gasteiger charge is 2.30. The molecule has 3 aromatic rings. The van der Waals surface area contributed by atoms with Crippen molar-refractivity contribution in [3.63, 3.8) is 0 Å². The first-order valence-electron chi connectivity index (χ1n) is 7.11. The first-order chi connectivity index (χ1) is 11.3. The zero-order chi connectivity index (χ0) is 17.5. The Kier molecular flexibility index (Phi) is 4.09. The predicted octanol–water partition coefficient (Wildman–Crippen LogP) is 4.70. The number of hydrogen-bond donors (Lipinski definition) is 0. The Labute approximate surface area is 140 Å². The summed E-state index contributed by atoms with van der Waals surface area (Å²) in [5, 5.41) is 0.0381. The molecule has 3 rings (SSSR count). The second-order valence-corrected chi connectivity index (χ2v) is 5.98. The standard InChI is InChI=1S/C17H12ClF3N2O/c1-10(18)14-8-11-4-3-7-22-15(11)23(16(14)24)13-6-2-5-12(9-13)17(19,20)21/h2-10H,1H3. The fourth-order valence-electron chi connectivity index (χ4n) is 2.51. The third-order valence-electron chi connectivity index (χ3n) is 3.65. The molecule has 0 aliphatic heterocycles. The van der Waals surface area contributed by atoms with Crippen molar-refractivity contribution in [2.45, 2.75) is 18.5 Å². The average Bonchev–Trinajstić information content (AvgIpc) is 2.53. The molecule has 0 bridgehead atoms. The van der Waals surface area contributed by atoms with Gasteiger partial charge in [0, 0.05) is 17.1 Å². The third kappa shape index (κ3) is 2.89. The van der Waals surface area contributed by atoms with Crippen LogP contribution < -0.4 is 5.56 Å². The molecule has 0 aliphatic rings. The van der Waals surface area contributed by atoms with E-state index >= 15 is 0 Å². The highest BCUT2D eigenvalue weighted by Crippen LogP contribution is 2.31. The van der Waals surface area contributed by atoms with E-state index in [0.717, 1.165) is 12.1 Å². The van der Waals surface area contributed by atoms with E-state index in [0.29, 0.717) is 10.9 Å². The summed E-state index contributed by atoms with van der Waals surface area (Å²) in [7, 11) is 0. The smallest absolute Gasteiger partial charge is 0.269 e. The highest BCUT2D eigenvalue weighted by atomic mass is 35.5. The van der Waals surface area contributed by atoms with Crippen LogP contribution in [0.2, 0.25) is 0 Å². The molecule has 0 saturated heterocycles. The van der Waals surface area contributed by atoms with Crippen LogP contribution in [0.3, 0.4) is 0 Å². The van der Waals surface area contributed by atoms with E-state index in [2.05, 4.69) is 4.98 Å². The van der Waals surface area contributed by atoms with Crippen LogP contribution in [0.5, 0.6) is 0 Å². The monoisotopic (exact) mass is 352 g/mol. The van der Waals surface area contributed by atoms with E-state index in [4.69, 9.17) is 11.6 Å². The Hall–Kier alpha value is -2.34. The van der Waals surface area contributed by atoms with Gasteiger partial charge in [-0.05, 0) is 43.3 Å². The molecule has 0 amide bonds. The molecule has 3 nitrogen and oxygen atoms in total. The topological polar surface area (TPSA) is 34.9 Å². The summed E-state index contributed by atoms with van der Waals surface area (Å²) >= 11 is 6.06. The Balaban J connectivity index is 2.37. The molecule has 1 unspecified atom stereocenters. The summed E-state index contributed by atoms with van der Waals surface area (Å²) in [6.45, 7) is 1.64. The summed E-state index contributed by atoms with van der Waals surface area (Å²) in [4.78, 5) is 16.9. The molecule has 1 aromatic carbocycles. The molecule has 0 radical (unpaired) electrons. The third-order valence-corrected chi connectivity index (χ3v) is 3.89. The van der Waals surface area contributed by atoms with Gasteiger partial charge in [-0.3, -0.25) is 9.36 Å². The lowest BCUT2D eigenvalue weighted by atomic mass is 10.1. The average molecular weight is 353 g/mol. The zero-order valence-electron chi connectivity index (χ0n) is 12.5. The predicted molar refractivity (Wildman–Crippen MR) is 86.6 cm³/mol. The fourth-order valence-corrected chi connectivity index (χ4v) is 2.67. The molecule has 0 aliphatic carbocycles. The minimum Gasteiger partial charge on any atom is -0.269 e. The van der Waals surface area contributed by atoms with Crippen molar-refractivity contribution in [2.24, 2.45) is 0 Å². The molecular formula is C17H12ClF3N2O. The second kappa shape index (κ2) is 5.94. The van der Waals surface area contributed by atoms with Crippen molar-refractivity contribution >= 4 is 22.6 Å². The van der Waals surface area contributed by atoms with Crippen LogP contribution in [0, 0.1) is 0 Å². The van der Waals surface area contributed by atoms with Gasteiger partial charge in [0.05, 0.1) is 16.6 Å². The van der Waals surface area contributed by atoms with Gasteiger partial charge in [0.15, 0.2) is 0 Å². The Morgan fingerprint density at radius 1 is 1.17 bits per heavy atom. The van der Waals surface area contributed by atoms with Gasteiger partial charge in [0.25, 0.3) is 5.56 Å². The molecule has 0 fully saturated rings. The van der Waals surface area contributed by atoms with Crippen LogP contribution in [0.4, 0.5) is 13.2 Å². The lowest BCUT2D eigenvalue weighted by Gasteiger charge is -2.14. The quantitative estimate of drug-likeness (QED) is 0.626. The molecule has 2 aromatic heterocycles. The number of hydrogen-bond acceptors (Lipinski definition) is 2. The van der Waals surface area contributed by atoms with Crippen molar-refractivity contribution in [2.75, 3.05) is 0 Å². The first-order valence-corrected chi connectivity index (χ1v) is 7.55. The molecule has 0 saturated carbocycles. The van der Waals surface area contributed by atoms with E-state index in [-0.39, 0.29) is 11.3 Å². The van der Waals surface area contributed by atoms with Gasteiger partial charge in [-0.15, -0.1) is 11.6 Å². The van der Waals surface area contributed by atoms with Crippen molar-refractivity contribution in [3.8, 4) is 5.69 Å². The van der Waals surface area contributed by atoms with Gasteiger partial charge in [-0.1, -0.05) is 6.07 Å². The number of nitrogens with zero attached hydrogens (tertiary/aromatic N) is 2. The largest absolute Gasteiger partial charge is 0.416 e. The van der Waals surface area contributed by atoms with Gasteiger partial charge in [-0.25, -0.2) is 4.98 Å². The van der Waals surface area contributed by atoms with Crippen molar-refractivity contribution in [3.05, 3.63) is 70.1 Å². The summed E-state index contributed by atoms with van der Waals surface area (Å²) in [5.41, 5.74) is -0.640. The Morgan fingerprint density at radius 3 is 2.58 bits per heavy atom. The van der Waals surface area contributed by atoms with E-state index in [1.807, 2.05) is 0 Å². The number of fused-ring (bicyclic) bond motifs is 1. The van der Waals surface area contributed by atoms with Gasteiger partial charge < -0.3 is 0 Å². The van der Waals surface area contributed by atoms with E-state index in [1.165, 1.54) is 22.9 Å². The minimum atomic E-state index is -4.50. The minimum absolute atomic E-state index is 0.0951. The molecule has 1 atom stereocenters. The summed E-state index contributed by atoms with van der Waals surface area (Å²) in [5.74, 6) is 0. The number of halogens is 4. The molecule has 7 heteroatoms. The van der Waals surface area contributed by atoms with Crippen LogP contribution in [0.1, 0.15) is 23.4 Å². The Bertz CT molecular complexity index is 964. The van der Waals surface area contributed by atoms with Gasteiger partial charge in [0.1, 0.15) is 5.65 Å². The number of benzene rings is 1. The van der Waals surface area contributed by atoms with E-state index in [1.54, 1.807) is 25.1 Å². The maximum absolute atomic E-state index is 13.0. The van der Waals surface area contributed by atoms with Gasteiger partial charge in [0.2, 0.25) is 0 Å². The van der Waals surface area contributed by atoms with Crippen molar-refractivity contribution in [1.82, 2.24) is 9.55 Å². The number of rotatable bonds is 2. The summed E-state index contributed by atoms with van der Waals surface area (Å²) in [6.07, 6.45) is -3.02. The molecule has 2 heterocycles. The Morgan fingerprint density at radius 2 is 1.92 bits per heavy atom. The number of aromatic nitrogens is 2. The molecular weight excluding hydrogens is 341 g/mol. The number of pyridine rings is 2. The van der Waals surface area contributed by atoms with Crippen LogP contribution in [-0.4, -0.2) is 9.55 Å². The lowest BCUT2D eigenvalue weighted by molar-refractivity contribution is -0.137. The van der Waals surface area contributed by atoms with Crippen LogP contribution in [-0.2, 0) is 6.18 Å². The van der Waals surface area contributed by atoms with Crippen molar-refractivity contribution < 1.29 is 13.2 Å². The van der Waals surface area contributed by atoms with Crippen molar-refractivity contribution in [1.29, 1.82) is 0 Å². The fraction of sp³-hybridized carbons (Fsp3) is 0.176. The lowest BCUT2D eigenvalue weighted by Crippen LogP contribution is -2.24. The maximum Gasteiger partial charge on any atom is 0.416 e. The zero-order valence-corrected chi connectivity index (χ0v) is 13.3. The van der Waals surface area contributed by atoms with E-state index < -0.39 is 22.7 Å². The molecule has 124 valence electrons. The van der Waals surface area contributed by atoms with E-state index in [9.17, 15) is 18.0 Å². The highest BCUT2D eigenvalue weighted by molar-refractivity contribution is 6.20. The maximum atomic E-state index is 13.0. The van der Waals surface area contributed by atoms with Gasteiger partial charge in [-0.2, -0.15) is 13.2 Å². The van der Waals surface area contributed by atoms with Gasteiger partial charge >= 0.3 is 6.18 Å². The summed E-state index contributed by atoms with van der Waals surface area (Å²) in [6, 6.07) is 9.62. The first kappa shape index (κ1) is 16.5. The number of alkyl halides is 4. The van der Waals surface area contributed by atoms with Crippen LogP contribution in [0.15, 0.2) is 53.5 Å². The molecule has 0 N–H and O–H groups in total. The normalized spacial score (nSPS) is 13.2. The van der Waals surface area contributed by atoms with Crippen LogP contribution >= 0.6 is 11.6 Å². The molecule has 0 spiro atoms. The second-order valence-electron chi connectivity index (χ2n) is 5.32. The molecule has 24 heavy (non-hydrogen) atoms.